The van der Waals surface area contributed by atoms with Crippen LogP contribution in [0, 0.1) is 5.92 Å². The molecule has 0 saturated carbocycles. The van der Waals surface area contributed by atoms with Crippen LogP contribution in [-0.4, -0.2) is 40.8 Å². The lowest BCUT2D eigenvalue weighted by molar-refractivity contribution is -0.162. The zero-order chi connectivity index (χ0) is 17.1. The van der Waals surface area contributed by atoms with Gasteiger partial charge in [0.2, 0.25) is 0 Å². The quantitative estimate of drug-likeness (QED) is 0.728. The Balaban J connectivity index is 2.68. The summed E-state index contributed by atoms with van der Waals surface area (Å²) in [5.74, 6) is -0.294. The second-order valence-electron chi connectivity index (χ2n) is 7.99. The maximum Gasteiger partial charge on any atom is 0.410 e. The second kappa shape index (κ2) is 6.88. The van der Waals surface area contributed by atoms with Gasteiger partial charge in [0.25, 0.3) is 0 Å². The largest absolute Gasteiger partial charge is 0.460 e. The fraction of sp³-hybridized carbons (Fsp3) is 0.882. The first-order valence-corrected chi connectivity index (χ1v) is 8.15. The van der Waals surface area contributed by atoms with Gasteiger partial charge >= 0.3 is 12.1 Å². The van der Waals surface area contributed by atoms with Crippen molar-refractivity contribution in [1.29, 1.82) is 0 Å². The zero-order valence-corrected chi connectivity index (χ0v) is 15.1. The van der Waals surface area contributed by atoms with Crippen molar-refractivity contribution in [2.75, 3.05) is 6.54 Å². The maximum atomic E-state index is 12.3. The van der Waals surface area contributed by atoms with Crippen LogP contribution in [0.4, 0.5) is 4.79 Å². The number of hydrogen-bond donors (Lipinski definition) is 0. The van der Waals surface area contributed by atoms with Crippen molar-refractivity contribution in [2.45, 2.75) is 85.0 Å². The molecule has 22 heavy (non-hydrogen) atoms. The number of amides is 1. The molecule has 5 nitrogen and oxygen atoms in total. The van der Waals surface area contributed by atoms with E-state index in [9.17, 15) is 9.59 Å². The summed E-state index contributed by atoms with van der Waals surface area (Å²) < 4.78 is 10.9. The fourth-order valence-corrected chi connectivity index (χ4v) is 2.60. The molecule has 0 radical (unpaired) electrons. The number of carbonyl (C=O) groups is 2. The lowest BCUT2D eigenvalue weighted by Crippen LogP contribution is -2.49. The predicted octanol–water partition coefficient (Wildman–Crippen LogP) is 3.75. The van der Waals surface area contributed by atoms with E-state index in [0.29, 0.717) is 19.4 Å². The Hall–Kier alpha value is -1.26. The van der Waals surface area contributed by atoms with Crippen molar-refractivity contribution in [3.05, 3.63) is 0 Å². The average Bonchev–Trinajstić information content (AvgIpc) is 2.33. The lowest BCUT2D eigenvalue weighted by Gasteiger charge is -2.39. The standard InChI is InChI=1S/C17H31NO4/c1-8-13-11-12(14(19)21-16(2,3)4)9-10-18(13)15(20)22-17(5,6)7/h12-13H,8-11H2,1-7H3/t12-,13-/m0/s1. The first-order chi connectivity index (χ1) is 9.93. The van der Waals surface area contributed by atoms with E-state index in [4.69, 9.17) is 9.47 Å². The van der Waals surface area contributed by atoms with Crippen LogP contribution in [-0.2, 0) is 14.3 Å². The van der Waals surface area contributed by atoms with E-state index in [1.165, 1.54) is 0 Å². The summed E-state index contributed by atoms with van der Waals surface area (Å²) in [6.07, 6.45) is 1.79. The molecule has 1 saturated heterocycles. The van der Waals surface area contributed by atoms with Gasteiger partial charge in [-0.15, -0.1) is 0 Å². The molecule has 0 N–H and O–H groups in total. The monoisotopic (exact) mass is 313 g/mol. The smallest absolute Gasteiger partial charge is 0.410 e. The van der Waals surface area contributed by atoms with E-state index in [1.807, 2.05) is 48.5 Å². The van der Waals surface area contributed by atoms with Gasteiger partial charge in [0, 0.05) is 12.6 Å². The minimum Gasteiger partial charge on any atom is -0.460 e. The SMILES string of the molecule is CC[C@H]1C[C@@H](C(=O)OC(C)(C)C)CCN1C(=O)OC(C)(C)C. The highest BCUT2D eigenvalue weighted by molar-refractivity contribution is 5.74. The number of rotatable bonds is 2. The van der Waals surface area contributed by atoms with Crippen molar-refractivity contribution in [2.24, 2.45) is 5.92 Å². The summed E-state index contributed by atoms with van der Waals surface area (Å²) >= 11 is 0. The number of carbonyl (C=O) groups excluding carboxylic acids is 2. The van der Waals surface area contributed by atoms with Crippen LogP contribution >= 0.6 is 0 Å². The molecule has 5 heteroatoms. The molecule has 0 aromatic carbocycles. The van der Waals surface area contributed by atoms with E-state index in [1.54, 1.807) is 4.90 Å². The van der Waals surface area contributed by atoms with E-state index < -0.39 is 11.2 Å². The van der Waals surface area contributed by atoms with Gasteiger partial charge in [-0.05, 0) is 60.8 Å². The summed E-state index contributed by atoms with van der Waals surface area (Å²) in [5, 5.41) is 0. The van der Waals surface area contributed by atoms with Crippen LogP contribution in [0.15, 0.2) is 0 Å². The van der Waals surface area contributed by atoms with Crippen LogP contribution in [0.5, 0.6) is 0 Å². The molecule has 1 rings (SSSR count). The molecule has 1 amide bonds. The van der Waals surface area contributed by atoms with E-state index in [-0.39, 0.29) is 24.0 Å². The van der Waals surface area contributed by atoms with Crippen molar-refractivity contribution >= 4 is 12.1 Å². The summed E-state index contributed by atoms with van der Waals surface area (Å²) in [4.78, 5) is 26.3. The van der Waals surface area contributed by atoms with Gasteiger partial charge in [-0.2, -0.15) is 0 Å². The van der Waals surface area contributed by atoms with Gasteiger partial charge in [0.05, 0.1) is 5.92 Å². The molecule has 0 unspecified atom stereocenters. The number of esters is 1. The van der Waals surface area contributed by atoms with Crippen LogP contribution in [0.1, 0.15) is 67.7 Å². The molecule has 0 bridgehead atoms. The van der Waals surface area contributed by atoms with Crippen LogP contribution < -0.4 is 0 Å². The highest BCUT2D eigenvalue weighted by atomic mass is 16.6. The third-order valence-electron chi connectivity index (χ3n) is 3.56. The zero-order valence-electron chi connectivity index (χ0n) is 15.1. The number of likely N-dealkylation sites (tertiary alicyclic amines) is 1. The molecular weight excluding hydrogens is 282 g/mol. The molecule has 2 atom stereocenters. The molecule has 1 fully saturated rings. The molecular formula is C17H31NO4. The molecule has 1 aliphatic rings. The minimum atomic E-state index is -0.503. The maximum absolute atomic E-state index is 12.3. The predicted molar refractivity (Wildman–Crippen MR) is 85.6 cm³/mol. The van der Waals surface area contributed by atoms with Gasteiger partial charge in [0.1, 0.15) is 11.2 Å². The van der Waals surface area contributed by atoms with Gasteiger partial charge < -0.3 is 14.4 Å². The molecule has 1 aliphatic heterocycles. The molecule has 0 spiro atoms. The Morgan fingerprint density at radius 2 is 1.59 bits per heavy atom. The van der Waals surface area contributed by atoms with Gasteiger partial charge in [-0.25, -0.2) is 4.79 Å². The van der Waals surface area contributed by atoms with E-state index >= 15 is 0 Å². The number of hydrogen-bond acceptors (Lipinski definition) is 4. The van der Waals surface area contributed by atoms with Crippen molar-refractivity contribution in [3.8, 4) is 0 Å². The Morgan fingerprint density at radius 1 is 1.05 bits per heavy atom. The Kier molecular flexibility index (Phi) is 5.88. The Labute approximate surface area is 134 Å². The molecule has 1 heterocycles. The van der Waals surface area contributed by atoms with Gasteiger partial charge in [-0.3, -0.25) is 4.79 Å². The average molecular weight is 313 g/mol. The summed E-state index contributed by atoms with van der Waals surface area (Å²) in [6.45, 7) is 13.8. The van der Waals surface area contributed by atoms with Crippen LogP contribution in [0.2, 0.25) is 0 Å². The first kappa shape index (κ1) is 18.8. The fourth-order valence-electron chi connectivity index (χ4n) is 2.60. The van der Waals surface area contributed by atoms with Crippen molar-refractivity contribution in [1.82, 2.24) is 4.90 Å². The first-order valence-electron chi connectivity index (χ1n) is 8.15. The van der Waals surface area contributed by atoms with E-state index in [2.05, 4.69) is 0 Å². The Morgan fingerprint density at radius 3 is 2.05 bits per heavy atom. The highest BCUT2D eigenvalue weighted by Gasteiger charge is 2.37. The van der Waals surface area contributed by atoms with E-state index in [0.717, 1.165) is 6.42 Å². The third-order valence-corrected chi connectivity index (χ3v) is 3.56. The second-order valence-corrected chi connectivity index (χ2v) is 7.99. The Bertz CT molecular complexity index is 406. The van der Waals surface area contributed by atoms with Crippen molar-refractivity contribution in [3.63, 3.8) is 0 Å². The minimum absolute atomic E-state index is 0.0288. The number of nitrogens with zero attached hydrogens (tertiary/aromatic N) is 1. The van der Waals surface area contributed by atoms with Crippen molar-refractivity contribution < 1.29 is 19.1 Å². The molecule has 0 aromatic rings. The molecule has 0 aromatic heterocycles. The molecule has 0 aliphatic carbocycles. The number of ether oxygens (including phenoxy) is 2. The van der Waals surface area contributed by atoms with Gasteiger partial charge in [-0.1, -0.05) is 6.92 Å². The summed E-state index contributed by atoms with van der Waals surface area (Å²) in [5.41, 5.74) is -0.974. The lowest BCUT2D eigenvalue weighted by atomic mass is 9.89. The highest BCUT2D eigenvalue weighted by Crippen LogP contribution is 2.28. The summed E-state index contributed by atoms with van der Waals surface area (Å²) in [7, 11) is 0. The number of piperidine rings is 1. The third kappa shape index (κ3) is 5.85. The van der Waals surface area contributed by atoms with Gasteiger partial charge in [0.15, 0.2) is 0 Å². The normalized spacial score (nSPS) is 23.1. The van der Waals surface area contributed by atoms with Crippen LogP contribution in [0.25, 0.3) is 0 Å². The summed E-state index contributed by atoms with van der Waals surface area (Å²) in [6, 6.07) is 0.0288. The van der Waals surface area contributed by atoms with Crippen LogP contribution in [0.3, 0.4) is 0 Å². The molecule has 128 valence electrons. The topological polar surface area (TPSA) is 55.8 Å².